The van der Waals surface area contributed by atoms with Gasteiger partial charge >= 0.3 is 0 Å². The minimum atomic E-state index is -0.351. The van der Waals surface area contributed by atoms with Crippen LogP contribution >= 0.6 is 0 Å². The number of amides is 1. The van der Waals surface area contributed by atoms with Crippen LogP contribution in [0.25, 0.3) is 0 Å². The van der Waals surface area contributed by atoms with Crippen LogP contribution in [0.2, 0.25) is 0 Å². The maximum atomic E-state index is 11.9. The van der Waals surface area contributed by atoms with Crippen molar-refractivity contribution in [3.63, 3.8) is 0 Å². The molecule has 2 N–H and O–H groups in total. The minimum Gasteiger partial charge on any atom is -0.338 e. The van der Waals surface area contributed by atoms with Gasteiger partial charge in [0.1, 0.15) is 0 Å². The monoisotopic (exact) mass is 232 g/mol. The van der Waals surface area contributed by atoms with Gasteiger partial charge in [0.25, 0.3) is 0 Å². The Hall–Kier alpha value is -1.35. The molecule has 1 saturated heterocycles. The van der Waals surface area contributed by atoms with Gasteiger partial charge in [-0.15, -0.1) is 0 Å². The van der Waals surface area contributed by atoms with Crippen molar-refractivity contribution in [1.29, 1.82) is 0 Å². The van der Waals surface area contributed by atoms with Crippen molar-refractivity contribution in [1.82, 2.24) is 4.90 Å². The van der Waals surface area contributed by atoms with E-state index in [1.165, 1.54) is 5.56 Å². The quantitative estimate of drug-likeness (QED) is 0.844. The first-order valence-corrected chi connectivity index (χ1v) is 6.26. The fraction of sp³-hybridized carbons (Fsp3) is 0.500. The van der Waals surface area contributed by atoms with Crippen molar-refractivity contribution in [3.8, 4) is 0 Å². The van der Waals surface area contributed by atoms with Crippen LogP contribution in [-0.4, -0.2) is 29.4 Å². The van der Waals surface area contributed by atoms with Gasteiger partial charge in [0.2, 0.25) is 5.91 Å². The molecule has 0 spiro atoms. The molecule has 1 fully saturated rings. The first-order chi connectivity index (χ1) is 8.15. The lowest BCUT2D eigenvalue weighted by Gasteiger charge is -2.41. The molecule has 1 aliphatic heterocycles. The molecule has 3 atom stereocenters. The summed E-state index contributed by atoms with van der Waals surface area (Å²) in [7, 11) is 0. The van der Waals surface area contributed by atoms with Crippen LogP contribution in [0.3, 0.4) is 0 Å². The smallest absolute Gasteiger partial charge is 0.239 e. The van der Waals surface area contributed by atoms with E-state index in [0.717, 1.165) is 13.0 Å². The number of rotatable bonds is 2. The van der Waals surface area contributed by atoms with Crippen LogP contribution in [0.5, 0.6) is 0 Å². The van der Waals surface area contributed by atoms with E-state index in [1.807, 2.05) is 30.0 Å². The van der Waals surface area contributed by atoms with Crippen LogP contribution in [0.1, 0.15) is 31.7 Å². The normalized spacial score (nSPS) is 29.5. The SMILES string of the molecule is CCN1C(=O)C(N)C[C@@H](c2ccccc2)[C@H]1C. The summed E-state index contributed by atoms with van der Waals surface area (Å²) in [5.74, 6) is 0.441. The fourth-order valence-electron chi connectivity index (χ4n) is 2.76. The summed E-state index contributed by atoms with van der Waals surface area (Å²) in [4.78, 5) is 13.8. The van der Waals surface area contributed by atoms with Crippen molar-refractivity contribution < 1.29 is 4.79 Å². The van der Waals surface area contributed by atoms with Gasteiger partial charge in [-0.2, -0.15) is 0 Å². The average molecular weight is 232 g/mol. The van der Waals surface area contributed by atoms with Crippen LogP contribution in [0.15, 0.2) is 30.3 Å². The van der Waals surface area contributed by atoms with Crippen LogP contribution in [0.4, 0.5) is 0 Å². The molecule has 0 radical (unpaired) electrons. The predicted octanol–water partition coefficient (Wildman–Crippen LogP) is 1.74. The van der Waals surface area contributed by atoms with Gasteiger partial charge in [0, 0.05) is 18.5 Å². The van der Waals surface area contributed by atoms with E-state index < -0.39 is 0 Å². The highest BCUT2D eigenvalue weighted by Gasteiger charge is 2.37. The van der Waals surface area contributed by atoms with Gasteiger partial charge < -0.3 is 10.6 Å². The largest absolute Gasteiger partial charge is 0.338 e. The van der Waals surface area contributed by atoms with Gasteiger partial charge in [-0.05, 0) is 25.8 Å². The average Bonchev–Trinajstić information content (AvgIpc) is 2.36. The molecule has 2 rings (SSSR count). The Kier molecular flexibility index (Phi) is 3.48. The first-order valence-electron chi connectivity index (χ1n) is 6.26. The number of nitrogens with zero attached hydrogens (tertiary/aromatic N) is 1. The number of carbonyl (C=O) groups excluding carboxylic acids is 1. The standard InChI is InChI=1S/C14H20N2O/c1-3-16-10(2)12(9-13(15)14(16)17)11-7-5-4-6-8-11/h4-8,10,12-13H,3,9,15H2,1-2H3/t10-,12-,13?/m1/s1. The fourth-order valence-corrected chi connectivity index (χ4v) is 2.76. The van der Waals surface area contributed by atoms with E-state index in [-0.39, 0.29) is 18.0 Å². The summed E-state index contributed by atoms with van der Waals surface area (Å²) in [6, 6.07) is 10.2. The van der Waals surface area contributed by atoms with Crippen molar-refractivity contribution in [2.45, 2.75) is 38.3 Å². The van der Waals surface area contributed by atoms with E-state index >= 15 is 0 Å². The predicted molar refractivity (Wildman–Crippen MR) is 68.6 cm³/mol. The second-order valence-corrected chi connectivity index (χ2v) is 4.72. The van der Waals surface area contributed by atoms with Gasteiger partial charge in [-0.1, -0.05) is 30.3 Å². The molecule has 1 aromatic carbocycles. The Morgan fingerprint density at radius 2 is 2.00 bits per heavy atom. The number of likely N-dealkylation sites (N-methyl/N-ethyl adjacent to an activating group) is 1. The molecule has 1 heterocycles. The number of nitrogens with two attached hydrogens (primary N) is 1. The second-order valence-electron chi connectivity index (χ2n) is 4.72. The molecule has 3 heteroatoms. The summed E-state index contributed by atoms with van der Waals surface area (Å²) in [6.07, 6.45) is 0.751. The molecule has 92 valence electrons. The zero-order valence-electron chi connectivity index (χ0n) is 10.5. The summed E-state index contributed by atoms with van der Waals surface area (Å²) >= 11 is 0. The van der Waals surface area contributed by atoms with Crippen LogP contribution in [0, 0.1) is 0 Å². The first kappa shape index (κ1) is 12.1. The Morgan fingerprint density at radius 3 is 2.59 bits per heavy atom. The molecule has 3 nitrogen and oxygen atoms in total. The van der Waals surface area contributed by atoms with E-state index in [4.69, 9.17) is 5.73 Å². The molecule has 1 unspecified atom stereocenters. The number of likely N-dealkylation sites (tertiary alicyclic amines) is 1. The lowest BCUT2D eigenvalue weighted by atomic mass is 9.82. The summed E-state index contributed by atoms with van der Waals surface area (Å²) in [5, 5.41) is 0. The Labute approximate surface area is 103 Å². The maximum Gasteiger partial charge on any atom is 0.239 e. The maximum absolute atomic E-state index is 11.9. The summed E-state index contributed by atoms with van der Waals surface area (Å²) < 4.78 is 0. The molecular weight excluding hydrogens is 212 g/mol. The third-order valence-corrected chi connectivity index (χ3v) is 3.75. The number of benzene rings is 1. The summed E-state index contributed by atoms with van der Waals surface area (Å²) in [5.41, 5.74) is 7.22. The third-order valence-electron chi connectivity index (χ3n) is 3.75. The van der Waals surface area contributed by atoms with Gasteiger partial charge in [0.05, 0.1) is 6.04 Å². The Balaban J connectivity index is 2.27. The summed E-state index contributed by atoms with van der Waals surface area (Å²) in [6.45, 7) is 4.86. The minimum absolute atomic E-state index is 0.0900. The van der Waals surface area contributed by atoms with Crippen LogP contribution in [-0.2, 0) is 4.79 Å². The van der Waals surface area contributed by atoms with E-state index in [1.54, 1.807) is 0 Å². The van der Waals surface area contributed by atoms with Crippen LogP contribution < -0.4 is 5.73 Å². The number of hydrogen-bond donors (Lipinski definition) is 1. The van der Waals surface area contributed by atoms with Gasteiger partial charge in [-0.25, -0.2) is 0 Å². The molecule has 1 aliphatic rings. The van der Waals surface area contributed by atoms with E-state index in [2.05, 4.69) is 19.1 Å². The Morgan fingerprint density at radius 1 is 1.35 bits per heavy atom. The molecule has 17 heavy (non-hydrogen) atoms. The Bertz CT molecular complexity index is 390. The molecule has 0 bridgehead atoms. The molecule has 1 aromatic rings. The molecular formula is C14H20N2O. The molecule has 0 aromatic heterocycles. The molecule has 1 amide bonds. The zero-order valence-corrected chi connectivity index (χ0v) is 10.5. The van der Waals surface area contributed by atoms with Crippen molar-refractivity contribution in [3.05, 3.63) is 35.9 Å². The number of piperidine rings is 1. The highest BCUT2D eigenvalue weighted by atomic mass is 16.2. The van der Waals surface area contributed by atoms with Crippen molar-refractivity contribution in [2.24, 2.45) is 5.73 Å². The van der Waals surface area contributed by atoms with Gasteiger partial charge in [0.15, 0.2) is 0 Å². The topological polar surface area (TPSA) is 46.3 Å². The molecule has 0 saturated carbocycles. The highest BCUT2D eigenvalue weighted by Crippen LogP contribution is 2.32. The molecule has 0 aliphatic carbocycles. The van der Waals surface area contributed by atoms with E-state index in [0.29, 0.717) is 5.92 Å². The lowest BCUT2D eigenvalue weighted by Crippen LogP contribution is -2.55. The number of hydrogen-bond acceptors (Lipinski definition) is 2. The van der Waals surface area contributed by atoms with E-state index in [9.17, 15) is 4.79 Å². The highest BCUT2D eigenvalue weighted by molar-refractivity contribution is 5.83. The number of carbonyl (C=O) groups is 1. The van der Waals surface area contributed by atoms with Crippen molar-refractivity contribution >= 4 is 5.91 Å². The van der Waals surface area contributed by atoms with Gasteiger partial charge in [-0.3, -0.25) is 4.79 Å². The van der Waals surface area contributed by atoms with Crippen molar-refractivity contribution in [2.75, 3.05) is 6.54 Å². The second kappa shape index (κ2) is 4.88. The lowest BCUT2D eigenvalue weighted by molar-refractivity contribution is -0.138. The zero-order chi connectivity index (χ0) is 12.4. The third kappa shape index (κ3) is 2.20.